The zero-order valence-corrected chi connectivity index (χ0v) is 33.6. The summed E-state index contributed by atoms with van der Waals surface area (Å²) in [6, 6.07) is 28.7. The molecule has 4 aliphatic rings. The lowest BCUT2D eigenvalue weighted by Crippen LogP contribution is -2.51. The van der Waals surface area contributed by atoms with Gasteiger partial charge in [-0.3, -0.25) is 38.6 Å². The summed E-state index contributed by atoms with van der Waals surface area (Å²) in [4.78, 5) is 81.0. The number of ketones is 2. The van der Waals surface area contributed by atoms with Gasteiger partial charge >= 0.3 is 0 Å². The Labute approximate surface area is 346 Å². The van der Waals surface area contributed by atoms with E-state index in [9.17, 15) is 28.8 Å². The molecule has 0 spiro atoms. The van der Waals surface area contributed by atoms with E-state index in [1.165, 1.54) is 9.80 Å². The van der Waals surface area contributed by atoms with E-state index in [-0.39, 0.29) is 11.6 Å². The van der Waals surface area contributed by atoms with Gasteiger partial charge in [-0.25, -0.2) is 0 Å². The van der Waals surface area contributed by atoms with E-state index in [4.69, 9.17) is 34.7 Å². The molecule has 12 heteroatoms. The number of benzene rings is 4. The van der Waals surface area contributed by atoms with Gasteiger partial charge in [0.15, 0.2) is 11.6 Å². The van der Waals surface area contributed by atoms with Gasteiger partial charge in [0.25, 0.3) is 0 Å². The number of aryl methyl sites for hydroxylation is 2. The first kappa shape index (κ1) is 40.4. The second-order valence-electron chi connectivity index (χ2n) is 15.1. The molecule has 296 valence electrons. The van der Waals surface area contributed by atoms with Gasteiger partial charge in [-0.15, -0.1) is 0 Å². The van der Waals surface area contributed by atoms with Crippen molar-refractivity contribution < 1.29 is 28.8 Å². The van der Waals surface area contributed by atoms with E-state index < -0.39 is 47.3 Å². The van der Waals surface area contributed by atoms with Gasteiger partial charge in [0.1, 0.15) is 11.8 Å². The average molecular weight is 818 g/mol. The third kappa shape index (κ3) is 7.62. The SMILES string of the molecule is Cc1ccc(N2C(=O)[C@@H](C(N)=O)[C@H](c3ccc(Cl)cc3)C3=C2CCCC3=O)cc1.Cc1ccc(N2C(=O)[C@@H](C(N)=O)[C@H](c3ccc(Cl)cc3)C3=C2CCCC3=O)cc1. The van der Waals surface area contributed by atoms with Crippen molar-refractivity contribution in [2.45, 2.75) is 64.2 Å². The number of halogens is 2. The molecule has 8 rings (SSSR count). The molecule has 4 aromatic carbocycles. The second kappa shape index (κ2) is 16.6. The third-order valence-electron chi connectivity index (χ3n) is 11.3. The predicted octanol–water partition coefficient (Wildman–Crippen LogP) is 7.77. The van der Waals surface area contributed by atoms with E-state index >= 15 is 0 Å². The summed E-state index contributed by atoms with van der Waals surface area (Å²) in [5.41, 5.74) is 18.6. The summed E-state index contributed by atoms with van der Waals surface area (Å²) >= 11 is 12.0. The minimum absolute atomic E-state index is 0.0398. The van der Waals surface area contributed by atoms with Crippen LogP contribution in [0.2, 0.25) is 10.0 Å². The van der Waals surface area contributed by atoms with Crippen molar-refractivity contribution in [3.05, 3.63) is 152 Å². The summed E-state index contributed by atoms with van der Waals surface area (Å²) in [6.45, 7) is 3.92. The van der Waals surface area contributed by atoms with E-state index in [1.807, 2.05) is 62.4 Å². The molecule has 2 aliphatic carbocycles. The highest BCUT2D eigenvalue weighted by molar-refractivity contribution is 6.31. The number of allylic oxidation sites excluding steroid dienone is 4. The number of nitrogens with zero attached hydrogens (tertiary/aromatic N) is 2. The van der Waals surface area contributed by atoms with Crippen molar-refractivity contribution >= 4 is 69.8 Å². The van der Waals surface area contributed by atoms with Crippen molar-refractivity contribution in [1.29, 1.82) is 0 Å². The van der Waals surface area contributed by atoms with Crippen LogP contribution in [0.25, 0.3) is 0 Å². The van der Waals surface area contributed by atoms with Crippen LogP contribution in [-0.2, 0) is 28.8 Å². The number of carbonyl (C=O) groups is 6. The van der Waals surface area contributed by atoms with Crippen LogP contribution in [0.1, 0.15) is 72.6 Å². The Morgan fingerprint density at radius 2 is 0.845 bits per heavy atom. The molecule has 2 aliphatic heterocycles. The number of hydrogen-bond acceptors (Lipinski definition) is 6. The molecular formula is C46H42Cl2N4O6. The maximum absolute atomic E-state index is 13.5. The average Bonchev–Trinajstić information content (AvgIpc) is 3.19. The zero-order chi connectivity index (χ0) is 41.4. The lowest BCUT2D eigenvalue weighted by atomic mass is 9.71. The van der Waals surface area contributed by atoms with Gasteiger partial charge in [-0.2, -0.15) is 0 Å². The largest absolute Gasteiger partial charge is 0.369 e. The first-order valence-corrected chi connectivity index (χ1v) is 20.0. The minimum atomic E-state index is -1.15. The van der Waals surface area contributed by atoms with Gasteiger partial charge in [0.05, 0.1) is 0 Å². The van der Waals surface area contributed by atoms with Crippen LogP contribution in [0, 0.1) is 25.7 Å². The number of anilines is 2. The maximum atomic E-state index is 13.5. The summed E-state index contributed by atoms with van der Waals surface area (Å²) in [5, 5.41) is 1.08. The Morgan fingerprint density at radius 1 is 0.517 bits per heavy atom. The summed E-state index contributed by atoms with van der Waals surface area (Å²) in [6.07, 6.45) is 3.31. The van der Waals surface area contributed by atoms with Crippen LogP contribution in [0.3, 0.4) is 0 Å². The Hall–Kier alpha value is -5.84. The second-order valence-corrected chi connectivity index (χ2v) is 16.0. The molecule has 0 aromatic heterocycles. The maximum Gasteiger partial charge on any atom is 0.244 e. The number of nitrogens with two attached hydrogens (primary N) is 2. The highest BCUT2D eigenvalue weighted by atomic mass is 35.5. The van der Waals surface area contributed by atoms with E-state index in [1.54, 1.807) is 48.5 Å². The number of carbonyl (C=O) groups excluding carboxylic acids is 6. The number of primary amides is 2. The third-order valence-corrected chi connectivity index (χ3v) is 11.8. The smallest absolute Gasteiger partial charge is 0.244 e. The molecule has 0 unspecified atom stereocenters. The summed E-state index contributed by atoms with van der Waals surface area (Å²) in [7, 11) is 0. The molecular weight excluding hydrogens is 775 g/mol. The quantitative estimate of drug-likeness (QED) is 0.189. The highest BCUT2D eigenvalue weighted by Crippen LogP contribution is 2.48. The Morgan fingerprint density at radius 3 is 1.16 bits per heavy atom. The first-order chi connectivity index (χ1) is 27.8. The highest BCUT2D eigenvalue weighted by Gasteiger charge is 2.50. The monoisotopic (exact) mass is 816 g/mol. The molecule has 0 radical (unpaired) electrons. The molecule has 0 saturated carbocycles. The molecule has 10 nitrogen and oxygen atoms in total. The van der Waals surface area contributed by atoms with Gasteiger partial charge in [-0.05, 0) is 99.2 Å². The fraction of sp³-hybridized carbons (Fsp3) is 0.261. The number of hydrogen-bond donors (Lipinski definition) is 2. The predicted molar refractivity (Wildman–Crippen MR) is 223 cm³/mol. The van der Waals surface area contributed by atoms with Crippen molar-refractivity contribution in [2.75, 3.05) is 9.80 Å². The van der Waals surface area contributed by atoms with E-state index in [0.29, 0.717) is 93.6 Å². The lowest BCUT2D eigenvalue weighted by Gasteiger charge is -2.41. The van der Waals surface area contributed by atoms with Gasteiger partial charge < -0.3 is 11.5 Å². The summed E-state index contributed by atoms with van der Waals surface area (Å²) < 4.78 is 0. The molecule has 58 heavy (non-hydrogen) atoms. The fourth-order valence-electron chi connectivity index (χ4n) is 8.61. The molecule has 4 amide bonds. The lowest BCUT2D eigenvalue weighted by molar-refractivity contribution is -0.135. The normalized spacial score (nSPS) is 21.9. The Balaban J connectivity index is 0.000000177. The molecule has 4 atom stereocenters. The molecule has 0 bridgehead atoms. The molecule has 4 N–H and O–H groups in total. The van der Waals surface area contributed by atoms with Crippen LogP contribution in [0.5, 0.6) is 0 Å². The number of amides is 4. The zero-order valence-electron chi connectivity index (χ0n) is 32.0. The van der Waals surface area contributed by atoms with Crippen LogP contribution in [-0.4, -0.2) is 35.2 Å². The standard InChI is InChI=1S/2C23H21ClN2O3/c2*1-13-5-11-16(12-6-13)26-17-3-2-4-18(27)20(17)19(21(22(25)28)23(26)29)14-7-9-15(24)10-8-14/h2*5-12,19,21H,2-4H2,1H3,(H2,25,28)/t2*19-,21-/m11/s1. The Bertz CT molecular complexity index is 2220. The van der Waals surface area contributed by atoms with Crippen LogP contribution in [0.15, 0.2) is 120 Å². The van der Waals surface area contributed by atoms with Gasteiger partial charge in [0, 0.05) is 68.6 Å². The van der Waals surface area contributed by atoms with E-state index in [2.05, 4.69) is 0 Å². The van der Waals surface area contributed by atoms with Crippen LogP contribution < -0.4 is 21.3 Å². The molecule has 0 saturated heterocycles. The number of rotatable bonds is 6. The van der Waals surface area contributed by atoms with Crippen LogP contribution >= 0.6 is 23.2 Å². The first-order valence-electron chi connectivity index (χ1n) is 19.2. The molecule has 2 heterocycles. The fourth-order valence-corrected chi connectivity index (χ4v) is 8.86. The van der Waals surface area contributed by atoms with Crippen molar-refractivity contribution in [3.63, 3.8) is 0 Å². The van der Waals surface area contributed by atoms with Gasteiger partial charge in [0.2, 0.25) is 23.6 Å². The molecule has 4 aromatic rings. The van der Waals surface area contributed by atoms with Gasteiger partial charge in [-0.1, -0.05) is 82.9 Å². The minimum Gasteiger partial charge on any atom is -0.369 e. The molecule has 0 fully saturated rings. The van der Waals surface area contributed by atoms with Crippen LogP contribution in [0.4, 0.5) is 11.4 Å². The van der Waals surface area contributed by atoms with Crippen molar-refractivity contribution in [2.24, 2.45) is 23.3 Å². The van der Waals surface area contributed by atoms with Crippen molar-refractivity contribution in [1.82, 2.24) is 0 Å². The summed E-state index contributed by atoms with van der Waals surface area (Å²) in [5.74, 6) is -6.04. The van der Waals surface area contributed by atoms with E-state index in [0.717, 1.165) is 11.1 Å². The Kier molecular flexibility index (Phi) is 11.5. The number of Topliss-reactive ketones (excluding diaryl/α,β-unsaturated/α-hetero) is 2. The van der Waals surface area contributed by atoms with Crippen molar-refractivity contribution in [3.8, 4) is 0 Å². The topological polar surface area (TPSA) is 161 Å².